The average molecular weight is 227 g/mol. The van der Waals surface area contributed by atoms with Crippen LogP contribution in [0.5, 0.6) is 5.75 Å². The van der Waals surface area contributed by atoms with Gasteiger partial charge in [-0.2, -0.15) is 0 Å². The normalized spacial score (nSPS) is 12.0. The number of likely N-dealkylation sites (N-methyl/N-ethyl adjacent to an activating group) is 1. The average Bonchev–Trinajstić information content (AvgIpc) is 2.30. The van der Waals surface area contributed by atoms with Crippen LogP contribution in [0.15, 0.2) is 24.3 Å². The second-order valence-corrected chi connectivity index (χ2v) is 3.21. The van der Waals surface area contributed by atoms with Gasteiger partial charge in [-0.1, -0.05) is 12.1 Å². The summed E-state index contributed by atoms with van der Waals surface area (Å²) in [5.74, 6) is -0.833. The number of nitrogens with zero attached hydrogens (tertiary/aromatic N) is 1. The van der Waals surface area contributed by atoms with Crippen LogP contribution in [0.4, 0.5) is 4.39 Å². The highest BCUT2D eigenvalue weighted by atomic mass is 19.1. The van der Waals surface area contributed by atoms with E-state index in [0.717, 1.165) is 5.06 Å². The standard InChI is InChI=1S/C11H14FNO3/c1-8(11(14)13(2)15-3)16-10-7-5-4-6-9(10)12/h4-8H,1-3H3. The minimum atomic E-state index is -0.804. The van der Waals surface area contributed by atoms with Crippen LogP contribution in [-0.4, -0.2) is 31.2 Å². The van der Waals surface area contributed by atoms with Crippen molar-refractivity contribution in [3.8, 4) is 5.75 Å². The molecule has 0 bridgehead atoms. The van der Waals surface area contributed by atoms with Gasteiger partial charge in [0.15, 0.2) is 17.7 Å². The Morgan fingerprint density at radius 1 is 1.44 bits per heavy atom. The molecule has 88 valence electrons. The summed E-state index contributed by atoms with van der Waals surface area (Å²) in [6.45, 7) is 1.53. The van der Waals surface area contributed by atoms with E-state index in [-0.39, 0.29) is 11.7 Å². The molecule has 0 aromatic heterocycles. The lowest BCUT2D eigenvalue weighted by atomic mass is 10.3. The first-order valence-corrected chi connectivity index (χ1v) is 4.79. The molecule has 1 aromatic rings. The minimum absolute atomic E-state index is 0.0489. The fourth-order valence-electron chi connectivity index (χ4n) is 1.13. The maximum atomic E-state index is 13.2. The molecule has 0 aliphatic carbocycles. The quantitative estimate of drug-likeness (QED) is 0.733. The number of hydrogen-bond donors (Lipinski definition) is 0. The van der Waals surface area contributed by atoms with Crippen LogP contribution in [0.2, 0.25) is 0 Å². The molecule has 0 spiro atoms. The number of hydrogen-bond acceptors (Lipinski definition) is 3. The number of ether oxygens (including phenoxy) is 1. The first kappa shape index (κ1) is 12.4. The van der Waals surface area contributed by atoms with Crippen molar-refractivity contribution in [1.82, 2.24) is 5.06 Å². The lowest BCUT2D eigenvalue weighted by molar-refractivity contribution is -0.175. The second-order valence-electron chi connectivity index (χ2n) is 3.21. The van der Waals surface area contributed by atoms with Gasteiger partial charge in [0.2, 0.25) is 0 Å². The summed E-state index contributed by atoms with van der Waals surface area (Å²) in [7, 11) is 2.83. The third-order valence-electron chi connectivity index (χ3n) is 2.07. The summed E-state index contributed by atoms with van der Waals surface area (Å²) in [4.78, 5) is 16.3. The molecule has 4 nitrogen and oxygen atoms in total. The number of para-hydroxylation sites is 1. The highest BCUT2D eigenvalue weighted by molar-refractivity contribution is 5.79. The summed E-state index contributed by atoms with van der Waals surface area (Å²) >= 11 is 0. The second kappa shape index (κ2) is 5.46. The van der Waals surface area contributed by atoms with Crippen LogP contribution >= 0.6 is 0 Å². The first-order chi connectivity index (χ1) is 7.56. The predicted molar refractivity (Wildman–Crippen MR) is 56.3 cm³/mol. The summed E-state index contributed by atoms with van der Waals surface area (Å²) in [6, 6.07) is 5.92. The number of rotatable bonds is 4. The SMILES string of the molecule is CON(C)C(=O)C(C)Oc1ccccc1F. The Morgan fingerprint density at radius 3 is 2.62 bits per heavy atom. The van der Waals surface area contributed by atoms with Gasteiger partial charge in [0.1, 0.15) is 0 Å². The number of carbonyl (C=O) groups excluding carboxylic acids is 1. The molecule has 1 rings (SSSR count). The Bertz CT molecular complexity index is 370. The number of carbonyl (C=O) groups is 1. The van der Waals surface area contributed by atoms with Gasteiger partial charge in [0.05, 0.1) is 7.11 Å². The van der Waals surface area contributed by atoms with E-state index >= 15 is 0 Å². The zero-order chi connectivity index (χ0) is 12.1. The topological polar surface area (TPSA) is 38.8 Å². The van der Waals surface area contributed by atoms with Gasteiger partial charge in [-0.05, 0) is 19.1 Å². The monoisotopic (exact) mass is 227 g/mol. The van der Waals surface area contributed by atoms with Gasteiger partial charge in [0.25, 0.3) is 5.91 Å². The first-order valence-electron chi connectivity index (χ1n) is 4.79. The molecule has 0 saturated heterocycles. The van der Waals surface area contributed by atoms with Crippen molar-refractivity contribution in [2.75, 3.05) is 14.2 Å². The lowest BCUT2D eigenvalue weighted by Crippen LogP contribution is -2.37. The molecular weight excluding hydrogens is 213 g/mol. The molecule has 0 saturated carbocycles. The molecule has 1 atom stereocenters. The van der Waals surface area contributed by atoms with Crippen molar-refractivity contribution in [2.45, 2.75) is 13.0 Å². The van der Waals surface area contributed by atoms with Crippen molar-refractivity contribution in [2.24, 2.45) is 0 Å². The van der Waals surface area contributed by atoms with E-state index in [1.807, 2.05) is 0 Å². The molecule has 1 amide bonds. The minimum Gasteiger partial charge on any atom is -0.478 e. The lowest BCUT2D eigenvalue weighted by Gasteiger charge is -2.19. The van der Waals surface area contributed by atoms with E-state index < -0.39 is 11.9 Å². The highest BCUT2D eigenvalue weighted by Gasteiger charge is 2.20. The van der Waals surface area contributed by atoms with E-state index in [1.165, 1.54) is 33.2 Å². The third kappa shape index (κ3) is 2.93. The smallest absolute Gasteiger partial charge is 0.286 e. The number of amides is 1. The molecule has 0 aliphatic heterocycles. The van der Waals surface area contributed by atoms with Gasteiger partial charge in [-0.25, -0.2) is 9.45 Å². The molecule has 0 N–H and O–H groups in total. The molecule has 0 heterocycles. The zero-order valence-electron chi connectivity index (χ0n) is 9.44. The number of benzene rings is 1. The molecular formula is C11H14FNO3. The molecule has 5 heteroatoms. The Kier molecular flexibility index (Phi) is 4.25. The molecule has 16 heavy (non-hydrogen) atoms. The molecule has 1 aromatic carbocycles. The van der Waals surface area contributed by atoms with Crippen molar-refractivity contribution >= 4 is 5.91 Å². The van der Waals surface area contributed by atoms with Crippen molar-refractivity contribution < 1.29 is 18.8 Å². The summed E-state index contributed by atoms with van der Waals surface area (Å²) in [6.07, 6.45) is -0.804. The van der Waals surface area contributed by atoms with Gasteiger partial charge in [-0.3, -0.25) is 9.63 Å². The highest BCUT2D eigenvalue weighted by Crippen LogP contribution is 2.17. The van der Waals surface area contributed by atoms with Crippen molar-refractivity contribution in [1.29, 1.82) is 0 Å². The molecule has 0 radical (unpaired) electrons. The third-order valence-corrected chi connectivity index (χ3v) is 2.07. The molecule has 0 fully saturated rings. The van der Waals surface area contributed by atoms with Crippen LogP contribution in [0.1, 0.15) is 6.92 Å². The maximum absolute atomic E-state index is 13.2. The fraction of sp³-hybridized carbons (Fsp3) is 0.364. The number of hydroxylamine groups is 2. The zero-order valence-corrected chi connectivity index (χ0v) is 9.44. The van der Waals surface area contributed by atoms with E-state index in [1.54, 1.807) is 12.1 Å². The van der Waals surface area contributed by atoms with Crippen molar-refractivity contribution in [3.05, 3.63) is 30.1 Å². The van der Waals surface area contributed by atoms with E-state index in [4.69, 9.17) is 9.57 Å². The summed E-state index contributed by atoms with van der Waals surface area (Å²) in [5, 5.41) is 1.03. The van der Waals surface area contributed by atoms with Crippen LogP contribution in [0, 0.1) is 5.82 Å². The van der Waals surface area contributed by atoms with E-state index in [0.29, 0.717) is 0 Å². The molecule has 0 aliphatic rings. The number of halogens is 1. The Hall–Kier alpha value is -1.62. The van der Waals surface area contributed by atoms with E-state index in [2.05, 4.69) is 0 Å². The molecule has 1 unspecified atom stereocenters. The van der Waals surface area contributed by atoms with Crippen LogP contribution in [0.3, 0.4) is 0 Å². The van der Waals surface area contributed by atoms with Gasteiger partial charge in [-0.15, -0.1) is 0 Å². The van der Waals surface area contributed by atoms with Gasteiger partial charge in [0, 0.05) is 7.05 Å². The van der Waals surface area contributed by atoms with Crippen LogP contribution < -0.4 is 4.74 Å². The summed E-state index contributed by atoms with van der Waals surface area (Å²) < 4.78 is 18.4. The van der Waals surface area contributed by atoms with E-state index in [9.17, 15) is 9.18 Å². The summed E-state index contributed by atoms with van der Waals surface area (Å²) in [5.41, 5.74) is 0. The van der Waals surface area contributed by atoms with Gasteiger partial charge < -0.3 is 4.74 Å². The maximum Gasteiger partial charge on any atom is 0.286 e. The fourth-order valence-corrected chi connectivity index (χ4v) is 1.13. The Balaban J connectivity index is 2.68. The Morgan fingerprint density at radius 2 is 2.06 bits per heavy atom. The van der Waals surface area contributed by atoms with Crippen LogP contribution in [0.25, 0.3) is 0 Å². The largest absolute Gasteiger partial charge is 0.478 e. The van der Waals surface area contributed by atoms with Crippen LogP contribution in [-0.2, 0) is 9.63 Å². The predicted octanol–water partition coefficient (Wildman–Crippen LogP) is 1.61. The van der Waals surface area contributed by atoms with Crippen molar-refractivity contribution in [3.63, 3.8) is 0 Å². The van der Waals surface area contributed by atoms with Gasteiger partial charge >= 0.3 is 0 Å². The Labute approximate surface area is 93.5 Å².